The van der Waals surface area contributed by atoms with Crippen LogP contribution in [-0.2, 0) is 22.3 Å². The lowest BCUT2D eigenvalue weighted by atomic mass is 9.88. The van der Waals surface area contributed by atoms with Crippen LogP contribution >= 0.6 is 11.8 Å². The Bertz CT molecular complexity index is 1880. The number of carbonyl (C=O) groups is 1. The van der Waals surface area contributed by atoms with Crippen LogP contribution in [0.3, 0.4) is 0 Å². The average Bonchev–Trinajstić information content (AvgIpc) is 3.18. The lowest BCUT2D eigenvalue weighted by Crippen LogP contribution is -2.50. The van der Waals surface area contributed by atoms with E-state index in [1.807, 2.05) is 0 Å². The summed E-state index contributed by atoms with van der Waals surface area (Å²) in [5, 5.41) is 0.773. The lowest BCUT2D eigenvalue weighted by molar-refractivity contribution is -0.137. The number of hydrogen-bond donors (Lipinski definition) is 0. The Labute approximate surface area is 247 Å². The number of nitrogens with zero attached hydrogens (tertiary/aromatic N) is 4. The molecule has 2 fully saturated rings. The van der Waals surface area contributed by atoms with E-state index in [0.29, 0.717) is 47.9 Å². The summed E-state index contributed by atoms with van der Waals surface area (Å²) >= 11 is 1.28. The van der Waals surface area contributed by atoms with Gasteiger partial charge in [0.15, 0.2) is 0 Å². The van der Waals surface area contributed by atoms with Crippen molar-refractivity contribution in [1.29, 1.82) is 0 Å². The highest BCUT2D eigenvalue weighted by atomic mass is 32.2. The van der Waals surface area contributed by atoms with Crippen molar-refractivity contribution in [3.63, 3.8) is 0 Å². The molecule has 1 spiro atoms. The Morgan fingerprint density at radius 2 is 1.77 bits per heavy atom. The van der Waals surface area contributed by atoms with Crippen LogP contribution in [0.1, 0.15) is 5.56 Å². The molecule has 0 radical (unpaired) electrons. The molecule has 0 aliphatic carbocycles. The number of aromatic nitrogens is 2. The van der Waals surface area contributed by atoms with Crippen LogP contribution < -0.4 is 10.6 Å². The molecule has 7 nitrogen and oxygen atoms in total. The molecule has 3 aliphatic rings. The summed E-state index contributed by atoms with van der Waals surface area (Å²) < 4.78 is 67.1. The number of halogens is 4. The van der Waals surface area contributed by atoms with E-state index in [9.17, 15) is 14.0 Å². The molecule has 0 atom stereocenters. The second-order valence-corrected chi connectivity index (χ2v) is 12.3. The summed E-state index contributed by atoms with van der Waals surface area (Å²) in [4.78, 5) is 33.9. The maximum Gasteiger partial charge on any atom is 0.417 e. The average molecular weight is 611 g/mol. The molecule has 7 rings (SSSR count). The first-order chi connectivity index (χ1) is 20.6. The van der Waals surface area contributed by atoms with Crippen LogP contribution in [0.5, 0.6) is 0 Å². The minimum Gasteiger partial charge on any atom is -0.380 e. The number of anilines is 1. The van der Waals surface area contributed by atoms with E-state index in [0.717, 1.165) is 6.07 Å². The van der Waals surface area contributed by atoms with Gasteiger partial charge >= 0.3 is 11.9 Å². The van der Waals surface area contributed by atoms with Gasteiger partial charge in [0.1, 0.15) is 11.6 Å². The third kappa shape index (κ3) is 4.50. The number of fused-ring (bicyclic) bond motifs is 1. The summed E-state index contributed by atoms with van der Waals surface area (Å²) in [5.74, 6) is -0.171. The SMILES string of the molecule is C=CC(=O)N1CCN(c2nc(=O)n3c4c(c(-c5ccc(F)c6ccccc56)c(C(F)(F)F)cc24)SCC2(COC2)C3)CC1. The molecule has 4 heterocycles. The van der Waals surface area contributed by atoms with E-state index in [-0.39, 0.29) is 53.3 Å². The van der Waals surface area contributed by atoms with Gasteiger partial charge < -0.3 is 14.5 Å². The highest BCUT2D eigenvalue weighted by Gasteiger charge is 2.44. The standard InChI is InChI=1S/C31H26F4N4O3S/c1-2-24(40)37-9-11-38(12-10-37)28-21-13-22(31(33,34)35)25(20-7-8-23(32)19-6-4-3-5-18(19)20)27-26(21)39(29(41)36-28)14-30(17-43-27)15-42-16-30/h2-8,13H,1,9-12,14-17H2. The van der Waals surface area contributed by atoms with Gasteiger partial charge in [-0.1, -0.05) is 36.9 Å². The number of ether oxygens (including phenoxy) is 1. The largest absolute Gasteiger partial charge is 0.417 e. The molecule has 0 saturated carbocycles. The maximum absolute atomic E-state index is 15.1. The van der Waals surface area contributed by atoms with E-state index in [4.69, 9.17) is 4.74 Å². The Balaban J connectivity index is 1.53. The molecule has 12 heteroatoms. The predicted octanol–water partition coefficient (Wildman–Crippen LogP) is 5.33. The molecular formula is C31H26F4N4O3S. The van der Waals surface area contributed by atoms with Crippen molar-refractivity contribution in [2.75, 3.05) is 50.0 Å². The molecule has 3 aromatic carbocycles. The molecule has 43 heavy (non-hydrogen) atoms. The maximum atomic E-state index is 15.1. The van der Waals surface area contributed by atoms with Crippen LogP contribution in [-0.4, -0.2) is 65.5 Å². The van der Waals surface area contributed by atoms with Crippen molar-refractivity contribution in [2.24, 2.45) is 5.41 Å². The van der Waals surface area contributed by atoms with Gasteiger partial charge in [0, 0.05) is 65.1 Å². The zero-order valence-corrected chi connectivity index (χ0v) is 23.7. The Kier molecular flexibility index (Phi) is 6.55. The molecule has 1 aromatic heterocycles. The molecule has 4 aromatic rings. The minimum atomic E-state index is -4.77. The number of piperazine rings is 1. The van der Waals surface area contributed by atoms with Crippen molar-refractivity contribution < 1.29 is 27.1 Å². The first-order valence-electron chi connectivity index (χ1n) is 13.8. The monoisotopic (exact) mass is 610 g/mol. The van der Waals surface area contributed by atoms with Gasteiger partial charge in [0.2, 0.25) is 5.91 Å². The number of carbonyl (C=O) groups excluding carboxylic acids is 1. The smallest absolute Gasteiger partial charge is 0.380 e. The fourth-order valence-electron chi connectivity index (χ4n) is 6.33. The summed E-state index contributed by atoms with van der Waals surface area (Å²) in [6.07, 6.45) is -3.55. The third-order valence-corrected chi connectivity index (χ3v) is 9.99. The van der Waals surface area contributed by atoms with E-state index in [2.05, 4.69) is 11.6 Å². The summed E-state index contributed by atoms with van der Waals surface area (Å²) in [6, 6.07) is 10.1. The quantitative estimate of drug-likeness (QED) is 0.231. The van der Waals surface area contributed by atoms with E-state index >= 15 is 13.2 Å². The fraction of sp³-hybridized carbons (Fsp3) is 0.323. The first-order valence-corrected chi connectivity index (χ1v) is 14.8. The minimum absolute atomic E-state index is 0.0785. The van der Waals surface area contributed by atoms with E-state index in [1.54, 1.807) is 34.1 Å². The summed E-state index contributed by atoms with van der Waals surface area (Å²) in [7, 11) is 0. The zero-order valence-electron chi connectivity index (χ0n) is 22.9. The van der Waals surface area contributed by atoms with Gasteiger partial charge in [-0.2, -0.15) is 18.2 Å². The highest BCUT2D eigenvalue weighted by Crippen LogP contribution is 2.52. The molecule has 222 valence electrons. The topological polar surface area (TPSA) is 67.7 Å². The molecule has 0 unspecified atom stereocenters. The number of benzene rings is 3. The second-order valence-electron chi connectivity index (χ2n) is 11.3. The number of hydrogen-bond acceptors (Lipinski definition) is 6. The Morgan fingerprint density at radius 1 is 1.05 bits per heavy atom. The van der Waals surface area contributed by atoms with E-state index in [1.165, 1.54) is 34.5 Å². The fourth-order valence-corrected chi connectivity index (χ4v) is 7.76. The summed E-state index contributed by atoms with van der Waals surface area (Å²) in [6.45, 7) is 5.74. The molecular weight excluding hydrogens is 584 g/mol. The van der Waals surface area contributed by atoms with Crippen molar-refractivity contribution in [1.82, 2.24) is 14.5 Å². The highest BCUT2D eigenvalue weighted by molar-refractivity contribution is 7.99. The number of thioether (sulfide) groups is 1. The number of alkyl halides is 3. The number of rotatable bonds is 3. The van der Waals surface area contributed by atoms with Gasteiger partial charge in [-0.05, 0) is 29.2 Å². The normalized spacial score (nSPS) is 18.1. The Hall–Kier alpha value is -3.90. The summed E-state index contributed by atoms with van der Waals surface area (Å²) in [5.41, 5.74) is -1.33. The van der Waals surface area contributed by atoms with Gasteiger partial charge in [0.25, 0.3) is 0 Å². The van der Waals surface area contributed by atoms with Gasteiger partial charge in [-0.15, -0.1) is 11.8 Å². The van der Waals surface area contributed by atoms with Gasteiger partial charge in [-0.25, -0.2) is 9.18 Å². The molecule has 0 N–H and O–H groups in total. The second kappa shape index (κ2) is 10.1. The third-order valence-electron chi connectivity index (χ3n) is 8.54. The lowest BCUT2D eigenvalue weighted by Gasteiger charge is -2.40. The molecule has 1 amide bonds. The zero-order chi connectivity index (χ0) is 30.1. The molecule has 3 aliphatic heterocycles. The van der Waals surface area contributed by atoms with Gasteiger partial charge in [0.05, 0.1) is 24.3 Å². The first kappa shape index (κ1) is 27.9. The van der Waals surface area contributed by atoms with Gasteiger partial charge in [-0.3, -0.25) is 9.36 Å². The van der Waals surface area contributed by atoms with Crippen LogP contribution in [0.4, 0.5) is 23.4 Å². The van der Waals surface area contributed by atoms with Crippen molar-refractivity contribution in [3.8, 4) is 11.1 Å². The van der Waals surface area contributed by atoms with Crippen LogP contribution in [0.2, 0.25) is 0 Å². The van der Waals surface area contributed by atoms with Crippen LogP contribution in [0.25, 0.3) is 32.8 Å². The van der Waals surface area contributed by atoms with Crippen LogP contribution in [0.15, 0.2) is 64.8 Å². The number of amides is 1. The molecule has 2 saturated heterocycles. The van der Waals surface area contributed by atoms with Crippen molar-refractivity contribution in [2.45, 2.75) is 17.6 Å². The predicted molar refractivity (Wildman–Crippen MR) is 157 cm³/mol. The molecule has 0 bridgehead atoms. The Morgan fingerprint density at radius 3 is 2.42 bits per heavy atom. The van der Waals surface area contributed by atoms with E-state index < -0.39 is 28.7 Å². The van der Waals surface area contributed by atoms with Crippen LogP contribution in [0, 0.1) is 11.2 Å². The van der Waals surface area contributed by atoms with Crippen molar-refractivity contribution >= 4 is 45.2 Å². The van der Waals surface area contributed by atoms with Crippen molar-refractivity contribution in [3.05, 3.63) is 77.0 Å².